The van der Waals surface area contributed by atoms with Crippen molar-refractivity contribution in [3.05, 3.63) is 16.1 Å². The molecule has 17 heavy (non-hydrogen) atoms. The maximum Gasteiger partial charge on any atom is 0.0934 e. The van der Waals surface area contributed by atoms with Crippen molar-refractivity contribution < 1.29 is 5.11 Å². The summed E-state index contributed by atoms with van der Waals surface area (Å²) in [4.78, 5) is 7.16. The Morgan fingerprint density at radius 3 is 3.00 bits per heavy atom. The van der Waals surface area contributed by atoms with E-state index in [4.69, 9.17) is 4.98 Å². The van der Waals surface area contributed by atoms with Crippen molar-refractivity contribution in [3.8, 4) is 0 Å². The lowest BCUT2D eigenvalue weighted by atomic mass is 10.0. The van der Waals surface area contributed by atoms with Crippen molar-refractivity contribution >= 4 is 11.3 Å². The van der Waals surface area contributed by atoms with Gasteiger partial charge in [-0.05, 0) is 38.3 Å². The molecule has 0 aromatic carbocycles. The van der Waals surface area contributed by atoms with Gasteiger partial charge in [-0.2, -0.15) is 0 Å². The van der Waals surface area contributed by atoms with Gasteiger partial charge in [-0.25, -0.2) is 4.98 Å². The van der Waals surface area contributed by atoms with E-state index in [0.29, 0.717) is 12.5 Å². The summed E-state index contributed by atoms with van der Waals surface area (Å²) in [5, 5.41) is 12.8. The number of hydrogen-bond donors (Lipinski definition) is 1. The van der Waals surface area contributed by atoms with Gasteiger partial charge in [0.25, 0.3) is 0 Å². The number of aliphatic hydroxyl groups excluding tert-OH is 1. The fourth-order valence-electron chi connectivity index (χ4n) is 2.66. The number of likely N-dealkylation sites (N-methyl/N-ethyl adjacent to an activating group) is 1. The number of nitrogens with zero attached hydrogens (tertiary/aromatic N) is 2. The van der Waals surface area contributed by atoms with Crippen molar-refractivity contribution in [3.63, 3.8) is 0 Å². The van der Waals surface area contributed by atoms with Crippen molar-refractivity contribution in [1.29, 1.82) is 0 Å². The molecule has 0 bridgehead atoms. The largest absolute Gasteiger partial charge is 0.396 e. The molecule has 1 aliphatic carbocycles. The van der Waals surface area contributed by atoms with Gasteiger partial charge in [-0.1, -0.05) is 0 Å². The number of thiazole rings is 1. The van der Waals surface area contributed by atoms with Crippen LogP contribution in [0.15, 0.2) is 5.38 Å². The number of aromatic nitrogens is 1. The second kappa shape index (κ2) is 4.34. The standard InChI is InChI=1S/C13H20N2OS/c1-15-5-2-10(7-15)11-8-17-12(14-11)6-13(9-16)3-4-13/h8,10,16H,2-7,9H2,1H3. The van der Waals surface area contributed by atoms with E-state index in [1.54, 1.807) is 11.3 Å². The summed E-state index contributed by atoms with van der Waals surface area (Å²) in [6.07, 6.45) is 4.57. The highest BCUT2D eigenvalue weighted by Gasteiger charge is 2.42. The molecule has 94 valence electrons. The van der Waals surface area contributed by atoms with Gasteiger partial charge < -0.3 is 10.0 Å². The van der Waals surface area contributed by atoms with E-state index in [-0.39, 0.29) is 5.41 Å². The average Bonchev–Trinajstić information content (AvgIpc) is 2.73. The second-order valence-electron chi connectivity index (χ2n) is 5.75. The minimum Gasteiger partial charge on any atom is -0.396 e. The first kappa shape index (κ1) is 11.6. The van der Waals surface area contributed by atoms with Crippen LogP contribution < -0.4 is 0 Å². The molecule has 1 N–H and O–H groups in total. The third-order valence-corrected chi connectivity index (χ3v) is 5.06. The molecule has 0 amide bonds. The van der Waals surface area contributed by atoms with Gasteiger partial charge in [-0.3, -0.25) is 0 Å². The first-order valence-corrected chi connectivity index (χ1v) is 7.32. The predicted molar refractivity (Wildman–Crippen MR) is 69.4 cm³/mol. The van der Waals surface area contributed by atoms with Crippen molar-refractivity contribution in [2.24, 2.45) is 5.41 Å². The third kappa shape index (κ3) is 2.39. The van der Waals surface area contributed by atoms with Crippen molar-refractivity contribution in [2.45, 2.75) is 31.6 Å². The quantitative estimate of drug-likeness (QED) is 0.889. The Kier molecular flexibility index (Phi) is 2.97. The van der Waals surface area contributed by atoms with Gasteiger partial charge in [0.1, 0.15) is 0 Å². The molecule has 2 fully saturated rings. The normalized spacial score (nSPS) is 27.5. The predicted octanol–water partition coefficient (Wildman–Crippen LogP) is 1.88. The summed E-state index contributed by atoms with van der Waals surface area (Å²) in [6.45, 7) is 2.67. The lowest BCUT2D eigenvalue weighted by Gasteiger charge is -2.09. The van der Waals surface area contributed by atoms with Crippen LogP contribution in [0.3, 0.4) is 0 Å². The summed E-state index contributed by atoms with van der Waals surface area (Å²) < 4.78 is 0. The number of likely N-dealkylation sites (tertiary alicyclic amines) is 1. The molecule has 1 saturated heterocycles. The average molecular weight is 252 g/mol. The molecule has 3 nitrogen and oxygen atoms in total. The van der Waals surface area contributed by atoms with E-state index in [9.17, 15) is 5.11 Å². The molecule has 1 aromatic rings. The van der Waals surface area contributed by atoms with Crippen LogP contribution in [-0.2, 0) is 6.42 Å². The van der Waals surface area contributed by atoms with Crippen LogP contribution in [0.2, 0.25) is 0 Å². The van der Waals surface area contributed by atoms with Gasteiger partial charge in [0.15, 0.2) is 0 Å². The Bertz CT molecular complexity index is 400. The van der Waals surface area contributed by atoms with Crippen LogP contribution in [0.1, 0.15) is 35.9 Å². The maximum atomic E-state index is 9.34. The van der Waals surface area contributed by atoms with Crippen LogP contribution in [0.5, 0.6) is 0 Å². The molecule has 0 radical (unpaired) electrons. The summed E-state index contributed by atoms with van der Waals surface area (Å²) in [5.74, 6) is 0.634. The fourth-order valence-corrected chi connectivity index (χ4v) is 3.71. The molecule has 1 saturated carbocycles. The van der Waals surface area contributed by atoms with Gasteiger partial charge in [-0.15, -0.1) is 11.3 Å². The van der Waals surface area contributed by atoms with E-state index < -0.39 is 0 Å². The van der Waals surface area contributed by atoms with E-state index in [1.807, 2.05) is 0 Å². The van der Waals surface area contributed by atoms with E-state index in [2.05, 4.69) is 17.3 Å². The Morgan fingerprint density at radius 1 is 1.59 bits per heavy atom. The summed E-state index contributed by atoms with van der Waals surface area (Å²) >= 11 is 1.78. The zero-order valence-corrected chi connectivity index (χ0v) is 11.2. The second-order valence-corrected chi connectivity index (χ2v) is 6.69. The SMILES string of the molecule is CN1CCC(c2csc(CC3(CO)CC3)n2)C1. The lowest BCUT2D eigenvalue weighted by Crippen LogP contribution is -2.13. The molecule has 2 aliphatic rings. The molecule has 3 rings (SSSR count). The van der Waals surface area contributed by atoms with Crippen LogP contribution >= 0.6 is 11.3 Å². The highest BCUT2D eigenvalue weighted by Crippen LogP contribution is 2.48. The van der Waals surface area contributed by atoms with Crippen LogP contribution in [-0.4, -0.2) is 41.7 Å². The molecule has 0 spiro atoms. The zero-order chi connectivity index (χ0) is 11.9. The molecular weight excluding hydrogens is 232 g/mol. The van der Waals surface area contributed by atoms with Crippen molar-refractivity contribution in [2.75, 3.05) is 26.7 Å². The third-order valence-electron chi connectivity index (χ3n) is 4.20. The minimum absolute atomic E-state index is 0.196. The smallest absolute Gasteiger partial charge is 0.0934 e. The minimum atomic E-state index is 0.196. The van der Waals surface area contributed by atoms with E-state index in [0.717, 1.165) is 13.0 Å². The molecule has 2 heterocycles. The van der Waals surface area contributed by atoms with Crippen LogP contribution in [0, 0.1) is 5.41 Å². The molecular formula is C13H20N2OS. The van der Waals surface area contributed by atoms with Gasteiger partial charge in [0.2, 0.25) is 0 Å². The fraction of sp³-hybridized carbons (Fsp3) is 0.769. The Hall–Kier alpha value is -0.450. The van der Waals surface area contributed by atoms with Gasteiger partial charge >= 0.3 is 0 Å². The highest BCUT2D eigenvalue weighted by molar-refractivity contribution is 7.09. The zero-order valence-electron chi connectivity index (χ0n) is 10.4. The van der Waals surface area contributed by atoms with E-state index >= 15 is 0 Å². The highest BCUT2D eigenvalue weighted by atomic mass is 32.1. The molecule has 1 aliphatic heterocycles. The summed E-state index contributed by atoms with van der Waals surface area (Å²) in [7, 11) is 2.18. The molecule has 1 unspecified atom stereocenters. The lowest BCUT2D eigenvalue weighted by molar-refractivity contribution is 0.211. The number of aliphatic hydroxyl groups is 1. The first-order valence-electron chi connectivity index (χ1n) is 6.44. The topological polar surface area (TPSA) is 36.4 Å². The Morgan fingerprint density at radius 2 is 2.41 bits per heavy atom. The number of hydrogen-bond acceptors (Lipinski definition) is 4. The summed E-state index contributed by atoms with van der Waals surface area (Å²) in [6, 6.07) is 0. The van der Waals surface area contributed by atoms with E-state index in [1.165, 1.54) is 36.5 Å². The van der Waals surface area contributed by atoms with Gasteiger partial charge in [0, 0.05) is 30.9 Å². The first-order chi connectivity index (χ1) is 8.21. The Labute approximate surface area is 106 Å². The maximum absolute atomic E-state index is 9.34. The van der Waals surface area contributed by atoms with Gasteiger partial charge in [0.05, 0.1) is 10.7 Å². The summed E-state index contributed by atoms with van der Waals surface area (Å²) in [5.41, 5.74) is 1.48. The monoisotopic (exact) mass is 252 g/mol. The number of rotatable bonds is 4. The van der Waals surface area contributed by atoms with Crippen molar-refractivity contribution in [1.82, 2.24) is 9.88 Å². The Balaban J connectivity index is 1.66. The van der Waals surface area contributed by atoms with Crippen LogP contribution in [0.25, 0.3) is 0 Å². The van der Waals surface area contributed by atoms with Crippen LogP contribution in [0.4, 0.5) is 0 Å². The molecule has 1 aromatic heterocycles. The molecule has 4 heteroatoms. The molecule has 1 atom stereocenters.